The molecule has 2 heterocycles. The number of aryl methyl sites for hydroxylation is 1. The van der Waals surface area contributed by atoms with Crippen molar-refractivity contribution in [1.82, 2.24) is 20.1 Å². The first kappa shape index (κ1) is 18.4. The summed E-state index contributed by atoms with van der Waals surface area (Å²) in [6.07, 6.45) is 0.230. The zero-order valence-corrected chi connectivity index (χ0v) is 14.2. The van der Waals surface area contributed by atoms with Crippen LogP contribution in [0.5, 0.6) is 5.75 Å². The van der Waals surface area contributed by atoms with E-state index in [0.29, 0.717) is 0 Å². The molecule has 2 aromatic heterocycles. The van der Waals surface area contributed by atoms with Crippen molar-refractivity contribution in [3.63, 3.8) is 0 Å². The Morgan fingerprint density at radius 1 is 1.19 bits per heavy atom. The molecule has 27 heavy (non-hydrogen) atoms. The van der Waals surface area contributed by atoms with Gasteiger partial charge in [-0.1, -0.05) is 0 Å². The number of carbonyl (C=O) groups excluding carboxylic acids is 1. The highest BCUT2D eigenvalue weighted by Crippen LogP contribution is 2.23. The van der Waals surface area contributed by atoms with Gasteiger partial charge in [0, 0.05) is 43.3 Å². The first-order valence-corrected chi connectivity index (χ1v) is 7.88. The highest BCUT2D eigenvalue weighted by molar-refractivity contribution is 5.94. The Bertz CT molecular complexity index is 936. The quantitative estimate of drug-likeness (QED) is 0.742. The minimum Gasteiger partial charge on any atom is -0.406 e. The van der Waals surface area contributed by atoms with E-state index in [0.717, 1.165) is 29.0 Å². The lowest BCUT2D eigenvalue weighted by molar-refractivity contribution is -0.274. The van der Waals surface area contributed by atoms with Gasteiger partial charge in [-0.2, -0.15) is 5.10 Å². The van der Waals surface area contributed by atoms with Gasteiger partial charge in [-0.3, -0.25) is 14.5 Å². The molecule has 0 radical (unpaired) electrons. The zero-order chi connectivity index (χ0) is 19.4. The molecular formula is C18H15F3N4O2. The van der Waals surface area contributed by atoms with Gasteiger partial charge in [0.2, 0.25) is 0 Å². The van der Waals surface area contributed by atoms with E-state index < -0.39 is 12.3 Å². The first-order chi connectivity index (χ1) is 12.8. The van der Waals surface area contributed by atoms with Gasteiger partial charge in [0.1, 0.15) is 5.75 Å². The summed E-state index contributed by atoms with van der Waals surface area (Å²) in [5, 5.41) is 6.81. The van der Waals surface area contributed by atoms with E-state index in [1.807, 2.05) is 19.2 Å². The van der Waals surface area contributed by atoms with E-state index in [2.05, 4.69) is 20.1 Å². The Labute approximate surface area is 152 Å². The highest BCUT2D eigenvalue weighted by atomic mass is 19.4. The van der Waals surface area contributed by atoms with E-state index in [1.54, 1.807) is 23.3 Å². The number of halogens is 3. The summed E-state index contributed by atoms with van der Waals surface area (Å²) in [5.41, 5.74) is 2.74. The van der Waals surface area contributed by atoms with Crippen LogP contribution in [0.15, 0.2) is 55.0 Å². The van der Waals surface area contributed by atoms with Crippen LogP contribution in [0.3, 0.4) is 0 Å². The minimum absolute atomic E-state index is 0.221. The number of rotatable bonds is 5. The van der Waals surface area contributed by atoms with Crippen molar-refractivity contribution >= 4 is 5.91 Å². The Morgan fingerprint density at radius 3 is 2.56 bits per heavy atom. The van der Waals surface area contributed by atoms with Crippen LogP contribution in [0.4, 0.5) is 13.2 Å². The molecule has 0 unspecified atom stereocenters. The SMILES string of the molecule is Cn1nccc1-c1cncc(CNC(=O)c2ccc(OC(F)(F)F)cc2)c1. The fraction of sp³-hybridized carbons (Fsp3) is 0.167. The summed E-state index contributed by atoms with van der Waals surface area (Å²) in [4.78, 5) is 16.3. The summed E-state index contributed by atoms with van der Waals surface area (Å²) in [6, 6.07) is 8.44. The van der Waals surface area contributed by atoms with Crippen LogP contribution in [-0.4, -0.2) is 27.0 Å². The van der Waals surface area contributed by atoms with Crippen LogP contribution in [-0.2, 0) is 13.6 Å². The maximum absolute atomic E-state index is 12.2. The van der Waals surface area contributed by atoms with Gasteiger partial charge in [0.25, 0.3) is 5.91 Å². The number of carbonyl (C=O) groups is 1. The number of ether oxygens (including phenoxy) is 1. The molecule has 1 aromatic carbocycles. The average molecular weight is 376 g/mol. The summed E-state index contributed by atoms with van der Waals surface area (Å²) >= 11 is 0. The van der Waals surface area contributed by atoms with Crippen LogP contribution in [0.25, 0.3) is 11.3 Å². The van der Waals surface area contributed by atoms with Crippen molar-refractivity contribution in [2.24, 2.45) is 7.05 Å². The topological polar surface area (TPSA) is 69.0 Å². The molecule has 0 aliphatic rings. The maximum atomic E-state index is 12.2. The number of hydrogen-bond donors (Lipinski definition) is 1. The molecule has 0 aliphatic heterocycles. The van der Waals surface area contributed by atoms with Crippen molar-refractivity contribution in [1.29, 1.82) is 0 Å². The van der Waals surface area contributed by atoms with Crippen molar-refractivity contribution in [3.8, 4) is 17.0 Å². The second-order valence-corrected chi connectivity index (χ2v) is 5.68. The van der Waals surface area contributed by atoms with Crippen LogP contribution in [0.2, 0.25) is 0 Å². The number of aromatic nitrogens is 3. The fourth-order valence-electron chi connectivity index (χ4n) is 2.47. The number of amides is 1. The van der Waals surface area contributed by atoms with Crippen LogP contribution in [0.1, 0.15) is 15.9 Å². The average Bonchev–Trinajstić information content (AvgIpc) is 3.05. The molecule has 0 aliphatic carbocycles. The molecule has 0 spiro atoms. The molecule has 1 N–H and O–H groups in total. The van der Waals surface area contributed by atoms with Gasteiger partial charge in [-0.25, -0.2) is 0 Å². The van der Waals surface area contributed by atoms with Crippen LogP contribution in [0, 0.1) is 0 Å². The Kier molecular flexibility index (Phi) is 5.11. The Morgan fingerprint density at radius 2 is 1.93 bits per heavy atom. The van der Waals surface area contributed by atoms with Gasteiger partial charge in [0.15, 0.2) is 0 Å². The molecule has 9 heteroatoms. The lowest BCUT2D eigenvalue weighted by Gasteiger charge is -2.10. The second-order valence-electron chi connectivity index (χ2n) is 5.68. The van der Waals surface area contributed by atoms with Gasteiger partial charge >= 0.3 is 6.36 Å². The van der Waals surface area contributed by atoms with Gasteiger partial charge in [0.05, 0.1) is 5.69 Å². The standard InChI is InChI=1S/C18H15F3N4O2/c1-25-16(6-7-24-25)14-8-12(9-22-11-14)10-23-17(26)13-2-4-15(5-3-13)27-18(19,20)21/h2-9,11H,10H2,1H3,(H,23,26). The van der Waals surface area contributed by atoms with E-state index in [1.165, 1.54) is 12.1 Å². The lowest BCUT2D eigenvalue weighted by atomic mass is 10.1. The minimum atomic E-state index is -4.77. The Hall–Kier alpha value is -3.36. The third-order valence-electron chi connectivity index (χ3n) is 3.71. The van der Waals surface area contributed by atoms with Crippen LogP contribution < -0.4 is 10.1 Å². The van der Waals surface area contributed by atoms with Gasteiger partial charge < -0.3 is 10.1 Å². The molecule has 3 aromatic rings. The van der Waals surface area contributed by atoms with Crippen molar-refractivity contribution in [2.45, 2.75) is 12.9 Å². The van der Waals surface area contributed by atoms with Crippen molar-refractivity contribution < 1.29 is 22.7 Å². The van der Waals surface area contributed by atoms with E-state index in [4.69, 9.17) is 0 Å². The van der Waals surface area contributed by atoms with Gasteiger partial charge in [-0.05, 0) is 42.0 Å². The molecule has 6 nitrogen and oxygen atoms in total. The molecule has 0 bridgehead atoms. The number of nitrogens with zero attached hydrogens (tertiary/aromatic N) is 3. The maximum Gasteiger partial charge on any atom is 0.573 e. The molecular weight excluding hydrogens is 361 g/mol. The second kappa shape index (κ2) is 7.48. The number of pyridine rings is 1. The molecule has 140 valence electrons. The largest absolute Gasteiger partial charge is 0.573 e. The predicted molar refractivity (Wildman–Crippen MR) is 90.7 cm³/mol. The molecule has 0 saturated carbocycles. The Balaban J connectivity index is 1.63. The third-order valence-corrected chi connectivity index (χ3v) is 3.71. The molecule has 3 rings (SSSR count). The van der Waals surface area contributed by atoms with E-state index in [-0.39, 0.29) is 17.9 Å². The predicted octanol–water partition coefficient (Wildman–Crippen LogP) is 3.31. The third kappa shape index (κ3) is 4.84. The fourth-order valence-corrected chi connectivity index (χ4v) is 2.47. The number of nitrogens with one attached hydrogen (secondary N) is 1. The summed E-state index contributed by atoms with van der Waals surface area (Å²) < 4.78 is 42.0. The first-order valence-electron chi connectivity index (χ1n) is 7.88. The van der Waals surface area contributed by atoms with E-state index in [9.17, 15) is 18.0 Å². The number of hydrogen-bond acceptors (Lipinski definition) is 4. The summed E-state index contributed by atoms with van der Waals surface area (Å²) in [5.74, 6) is -0.799. The smallest absolute Gasteiger partial charge is 0.406 e. The van der Waals surface area contributed by atoms with E-state index >= 15 is 0 Å². The normalized spacial score (nSPS) is 11.3. The molecule has 0 atom stereocenters. The molecule has 1 amide bonds. The van der Waals surface area contributed by atoms with Crippen molar-refractivity contribution in [3.05, 3.63) is 66.1 Å². The molecule has 0 fully saturated rings. The van der Waals surface area contributed by atoms with Crippen LogP contribution >= 0.6 is 0 Å². The number of alkyl halides is 3. The monoisotopic (exact) mass is 376 g/mol. The number of benzene rings is 1. The summed E-state index contributed by atoms with van der Waals surface area (Å²) in [6.45, 7) is 0.221. The lowest BCUT2D eigenvalue weighted by Crippen LogP contribution is -2.23. The molecule has 0 saturated heterocycles. The summed E-state index contributed by atoms with van der Waals surface area (Å²) in [7, 11) is 1.82. The zero-order valence-electron chi connectivity index (χ0n) is 14.2. The highest BCUT2D eigenvalue weighted by Gasteiger charge is 2.31. The van der Waals surface area contributed by atoms with Gasteiger partial charge in [-0.15, -0.1) is 13.2 Å². The van der Waals surface area contributed by atoms with Crippen molar-refractivity contribution in [2.75, 3.05) is 0 Å².